The van der Waals surface area contributed by atoms with Crippen LogP contribution in [0.4, 0.5) is 0 Å². The lowest BCUT2D eigenvalue weighted by Crippen LogP contribution is -2.10. The molecule has 0 aliphatic carbocycles. The van der Waals surface area contributed by atoms with Gasteiger partial charge in [-0.1, -0.05) is 12.1 Å². The van der Waals surface area contributed by atoms with Crippen molar-refractivity contribution in [1.29, 1.82) is 0 Å². The highest BCUT2D eigenvalue weighted by Gasteiger charge is 2.26. The van der Waals surface area contributed by atoms with Crippen LogP contribution in [0.25, 0.3) is 38.8 Å². The molecule has 0 saturated carbocycles. The fourth-order valence-electron chi connectivity index (χ4n) is 3.55. The highest BCUT2D eigenvalue weighted by atomic mass is 16.5. The summed E-state index contributed by atoms with van der Waals surface area (Å²) in [7, 11) is 0. The molecule has 2 heterocycles. The third-order valence-electron chi connectivity index (χ3n) is 5.04. The zero-order chi connectivity index (χ0) is 23.4. The molecule has 0 aliphatic rings. The molecule has 0 spiro atoms. The van der Waals surface area contributed by atoms with E-state index >= 15 is 0 Å². The minimum atomic E-state index is -1.000. The van der Waals surface area contributed by atoms with Gasteiger partial charge in [-0.15, -0.1) is 0 Å². The van der Waals surface area contributed by atoms with Crippen LogP contribution >= 0.6 is 0 Å². The molecule has 4 N–H and O–H groups in total. The summed E-state index contributed by atoms with van der Waals surface area (Å²) in [5.74, 6) is -3.56. The third-order valence-corrected chi connectivity index (χ3v) is 5.04. The van der Waals surface area contributed by atoms with Crippen molar-refractivity contribution in [2.45, 2.75) is 0 Å². The number of aromatic hydroxyl groups is 4. The molecule has 0 radical (unpaired) electrons. The Balaban J connectivity index is 1.71. The normalized spacial score (nSPS) is 11.8. The molecular weight excluding hydrogens is 436 g/mol. The van der Waals surface area contributed by atoms with Crippen LogP contribution in [0.3, 0.4) is 0 Å². The van der Waals surface area contributed by atoms with E-state index in [-0.39, 0.29) is 27.3 Å². The maximum Gasteiger partial charge on any atom is 0.344 e. The van der Waals surface area contributed by atoms with Gasteiger partial charge in [-0.25, -0.2) is 14.4 Å². The van der Waals surface area contributed by atoms with Crippen molar-refractivity contribution in [2.24, 2.45) is 0 Å². The Morgan fingerprint density at radius 2 is 1.39 bits per heavy atom. The van der Waals surface area contributed by atoms with Gasteiger partial charge in [0, 0.05) is 16.8 Å². The summed E-state index contributed by atoms with van der Waals surface area (Å²) in [6, 6.07) is 7.86. The van der Waals surface area contributed by atoms with E-state index in [0.29, 0.717) is 5.56 Å². The van der Waals surface area contributed by atoms with Gasteiger partial charge in [0.2, 0.25) is 11.5 Å². The average Bonchev–Trinajstić information content (AvgIpc) is 2.78. The average molecular weight is 448 g/mol. The van der Waals surface area contributed by atoms with Gasteiger partial charge in [0.15, 0.2) is 22.7 Å². The van der Waals surface area contributed by atoms with E-state index in [4.69, 9.17) is 13.6 Å². The molecule has 0 fully saturated rings. The Morgan fingerprint density at radius 1 is 0.818 bits per heavy atom. The van der Waals surface area contributed by atoms with Gasteiger partial charge in [-0.3, -0.25) is 0 Å². The van der Waals surface area contributed by atoms with Crippen molar-refractivity contribution in [1.82, 2.24) is 0 Å². The molecule has 164 valence electrons. The van der Waals surface area contributed by atoms with Gasteiger partial charge in [0.05, 0.1) is 10.8 Å². The van der Waals surface area contributed by atoms with E-state index in [0.717, 1.165) is 18.2 Å². The van der Waals surface area contributed by atoms with E-state index in [1.165, 1.54) is 18.2 Å². The summed E-state index contributed by atoms with van der Waals surface area (Å²) in [5, 5.41) is 39.2. The van der Waals surface area contributed by atoms with Crippen LogP contribution in [0.15, 0.2) is 60.9 Å². The summed E-state index contributed by atoms with van der Waals surface area (Å²) < 4.78 is 15.5. The summed E-state index contributed by atoms with van der Waals surface area (Å²) in [6.45, 7) is 0. The second-order valence-corrected chi connectivity index (χ2v) is 7.10. The Morgan fingerprint density at radius 3 is 2.06 bits per heavy atom. The Labute approximate surface area is 181 Å². The predicted octanol–water partition coefficient (Wildman–Crippen LogP) is 2.93. The lowest BCUT2D eigenvalue weighted by atomic mass is 10.0. The van der Waals surface area contributed by atoms with Gasteiger partial charge in [0.1, 0.15) is 5.75 Å². The van der Waals surface area contributed by atoms with Crippen molar-refractivity contribution in [3.63, 3.8) is 0 Å². The van der Waals surface area contributed by atoms with Crippen LogP contribution < -0.4 is 16.0 Å². The molecule has 0 bridgehead atoms. The summed E-state index contributed by atoms with van der Waals surface area (Å²) in [4.78, 5) is 37.4. The number of rotatable bonds is 3. The molecule has 33 heavy (non-hydrogen) atoms. The van der Waals surface area contributed by atoms with Crippen molar-refractivity contribution >= 4 is 44.8 Å². The number of ether oxygens (including phenoxy) is 1. The molecule has 10 nitrogen and oxygen atoms in total. The van der Waals surface area contributed by atoms with Crippen molar-refractivity contribution in [2.75, 3.05) is 0 Å². The first kappa shape index (κ1) is 19.9. The molecule has 5 rings (SSSR count). The minimum absolute atomic E-state index is 0.0470. The fraction of sp³-hybridized carbons (Fsp3) is 0. The zero-order valence-electron chi connectivity index (χ0n) is 16.4. The van der Waals surface area contributed by atoms with Crippen LogP contribution in [0.1, 0.15) is 5.56 Å². The maximum atomic E-state index is 12.6. The molecule has 2 aromatic heterocycles. The monoisotopic (exact) mass is 448 g/mol. The van der Waals surface area contributed by atoms with Gasteiger partial charge in [-0.05, 0) is 35.9 Å². The molecule has 0 saturated heterocycles. The first-order valence-electron chi connectivity index (χ1n) is 9.37. The van der Waals surface area contributed by atoms with Crippen LogP contribution in [0.5, 0.6) is 28.7 Å². The maximum absolute atomic E-state index is 12.6. The fourth-order valence-corrected chi connectivity index (χ4v) is 3.55. The number of carbonyl (C=O) groups is 1. The quantitative estimate of drug-likeness (QED) is 0.0804. The number of hydrogen-bond acceptors (Lipinski definition) is 10. The van der Waals surface area contributed by atoms with Gasteiger partial charge < -0.3 is 34.0 Å². The molecule has 0 aliphatic heterocycles. The summed E-state index contributed by atoms with van der Waals surface area (Å²) in [6.07, 6.45) is 2.43. The predicted molar refractivity (Wildman–Crippen MR) is 115 cm³/mol. The van der Waals surface area contributed by atoms with Crippen LogP contribution in [0.2, 0.25) is 0 Å². The lowest BCUT2D eigenvalue weighted by Gasteiger charge is -2.13. The number of benzene rings is 3. The number of phenols is 4. The smallest absolute Gasteiger partial charge is 0.344 e. The van der Waals surface area contributed by atoms with E-state index in [2.05, 4.69) is 0 Å². The van der Waals surface area contributed by atoms with Crippen LogP contribution in [-0.2, 0) is 4.79 Å². The van der Waals surface area contributed by atoms with Gasteiger partial charge >= 0.3 is 17.2 Å². The highest BCUT2D eigenvalue weighted by molar-refractivity contribution is 6.22. The zero-order valence-corrected chi connectivity index (χ0v) is 16.4. The Kier molecular flexibility index (Phi) is 4.24. The molecular formula is C23H12O10. The second-order valence-electron chi connectivity index (χ2n) is 7.10. The van der Waals surface area contributed by atoms with Crippen molar-refractivity contribution in [3.05, 3.63) is 68.9 Å². The molecule has 3 aromatic carbocycles. The van der Waals surface area contributed by atoms with E-state index in [1.54, 1.807) is 12.1 Å². The first-order valence-corrected chi connectivity index (χ1v) is 9.37. The SMILES string of the molecule is O=C(C=Cc1ccc(O)cc1)Oc1c(O)cc2c(=O)oc3c(O)c(O)cc4c(=O)oc1c2c34. The molecule has 0 amide bonds. The molecule has 10 heteroatoms. The molecule has 5 aromatic rings. The van der Waals surface area contributed by atoms with Crippen molar-refractivity contribution in [3.8, 4) is 28.7 Å². The van der Waals surface area contributed by atoms with Crippen molar-refractivity contribution < 1.29 is 38.8 Å². The van der Waals surface area contributed by atoms with Gasteiger partial charge in [0.25, 0.3) is 0 Å². The topological polar surface area (TPSA) is 168 Å². The standard InChI is InChI=1S/C23H12O10/c24-10-4-1-9(2-5-10)3-6-15(27)31-19-14(26)8-12-17-16-11(23(30)33-21(17)19)7-13(25)18(28)20(16)32-22(12)29/h1-8,24-26,28H. The van der Waals surface area contributed by atoms with Gasteiger partial charge in [-0.2, -0.15) is 0 Å². The first-order chi connectivity index (χ1) is 15.7. The third kappa shape index (κ3) is 3.08. The summed E-state index contributed by atoms with van der Waals surface area (Å²) in [5.41, 5.74) is -2.30. The minimum Gasteiger partial charge on any atom is -0.508 e. The summed E-state index contributed by atoms with van der Waals surface area (Å²) >= 11 is 0. The van der Waals surface area contributed by atoms with Crippen LogP contribution in [0, 0.1) is 0 Å². The number of phenolic OH excluding ortho intramolecular Hbond substituents is 4. The Hall–Kier alpha value is -4.99. The van der Waals surface area contributed by atoms with E-state index in [9.17, 15) is 34.8 Å². The number of carbonyl (C=O) groups excluding carboxylic acids is 1. The lowest BCUT2D eigenvalue weighted by molar-refractivity contribution is -0.129. The second kappa shape index (κ2) is 7.02. The molecule has 0 unspecified atom stereocenters. The van der Waals surface area contributed by atoms with E-state index < -0.39 is 51.4 Å². The van der Waals surface area contributed by atoms with Crippen LogP contribution in [-0.4, -0.2) is 26.4 Å². The largest absolute Gasteiger partial charge is 0.508 e. The van der Waals surface area contributed by atoms with E-state index in [1.807, 2.05) is 0 Å². The number of esters is 1. The molecule has 0 atom stereocenters. The highest BCUT2D eigenvalue weighted by Crippen LogP contribution is 2.45. The number of hydrogen-bond donors (Lipinski definition) is 4. The Bertz CT molecular complexity index is 1720.